The smallest absolute Gasteiger partial charge is 0.226 e. The van der Waals surface area contributed by atoms with Gasteiger partial charge >= 0.3 is 0 Å². The van der Waals surface area contributed by atoms with Crippen LogP contribution in [0.2, 0.25) is 5.02 Å². The number of carbonyl (C=O) groups is 1. The molecule has 0 unspecified atom stereocenters. The summed E-state index contributed by atoms with van der Waals surface area (Å²) in [6.45, 7) is 2.56. The van der Waals surface area contributed by atoms with E-state index in [2.05, 4.69) is 16.5 Å². The van der Waals surface area contributed by atoms with Crippen molar-refractivity contribution < 1.29 is 9.53 Å². The minimum absolute atomic E-state index is 0.0907. The van der Waals surface area contributed by atoms with Crippen molar-refractivity contribution in [2.45, 2.75) is 19.9 Å². The molecule has 1 N–H and O–H groups in total. The molecule has 124 valence electrons. The summed E-state index contributed by atoms with van der Waals surface area (Å²) in [7, 11) is 1.55. The lowest BCUT2D eigenvalue weighted by Crippen LogP contribution is -2.15. The van der Waals surface area contributed by atoms with Gasteiger partial charge in [-0.05, 0) is 37.3 Å². The van der Waals surface area contributed by atoms with Crippen LogP contribution in [0.3, 0.4) is 0 Å². The molecule has 3 rings (SSSR count). The predicted octanol–water partition coefficient (Wildman–Crippen LogP) is 4.04. The van der Waals surface area contributed by atoms with E-state index in [4.69, 9.17) is 16.3 Å². The van der Waals surface area contributed by atoms with Crippen molar-refractivity contribution >= 4 is 34.1 Å². The monoisotopic (exact) mass is 343 g/mol. The van der Waals surface area contributed by atoms with Crippen LogP contribution in [0.25, 0.3) is 10.9 Å². The molecular formula is C18H18ClN3O2. The molecule has 24 heavy (non-hydrogen) atoms. The Balaban J connectivity index is 1.63. The first-order valence-electron chi connectivity index (χ1n) is 7.62. The number of hydrogen-bond acceptors (Lipinski definition) is 3. The van der Waals surface area contributed by atoms with Gasteiger partial charge < -0.3 is 10.1 Å². The zero-order valence-corrected chi connectivity index (χ0v) is 14.3. The summed E-state index contributed by atoms with van der Waals surface area (Å²) in [6.07, 6.45) is 2.15. The molecule has 0 bridgehead atoms. The summed E-state index contributed by atoms with van der Waals surface area (Å²) in [4.78, 5) is 12.1. The van der Waals surface area contributed by atoms with Crippen LogP contribution in [0.15, 0.2) is 42.6 Å². The van der Waals surface area contributed by atoms with E-state index in [1.165, 1.54) is 5.56 Å². The highest BCUT2D eigenvalue weighted by Crippen LogP contribution is 2.27. The van der Waals surface area contributed by atoms with Gasteiger partial charge in [-0.2, -0.15) is 5.10 Å². The second kappa shape index (κ2) is 6.93. The molecule has 5 nitrogen and oxygen atoms in total. The number of fused-ring (bicyclic) bond motifs is 1. The maximum Gasteiger partial charge on any atom is 0.226 e. The van der Waals surface area contributed by atoms with Gasteiger partial charge in [0.25, 0.3) is 0 Å². The topological polar surface area (TPSA) is 56.1 Å². The third-order valence-electron chi connectivity index (χ3n) is 3.78. The second-order valence-corrected chi connectivity index (χ2v) is 5.98. The number of carbonyl (C=O) groups excluding carboxylic acids is 1. The molecule has 3 aromatic rings. The first-order chi connectivity index (χ1) is 11.6. The molecule has 2 aromatic carbocycles. The maximum atomic E-state index is 12.1. The van der Waals surface area contributed by atoms with Crippen LogP contribution in [-0.4, -0.2) is 22.8 Å². The SMILES string of the molecule is COc1ccc(NC(=O)CCn2ncc3cc(C)ccc32)cc1Cl. The number of rotatable bonds is 5. The van der Waals surface area contributed by atoms with E-state index in [0.29, 0.717) is 29.4 Å². The van der Waals surface area contributed by atoms with Crippen LogP contribution in [0.5, 0.6) is 5.75 Å². The van der Waals surface area contributed by atoms with Crippen molar-refractivity contribution in [1.82, 2.24) is 9.78 Å². The molecule has 0 saturated carbocycles. The molecule has 0 aliphatic rings. The Bertz CT molecular complexity index is 889. The molecule has 0 radical (unpaired) electrons. The molecular weight excluding hydrogens is 326 g/mol. The van der Waals surface area contributed by atoms with E-state index in [9.17, 15) is 4.79 Å². The van der Waals surface area contributed by atoms with Gasteiger partial charge in [0.15, 0.2) is 0 Å². The third-order valence-corrected chi connectivity index (χ3v) is 4.08. The van der Waals surface area contributed by atoms with Gasteiger partial charge in [-0.25, -0.2) is 0 Å². The minimum atomic E-state index is -0.0907. The summed E-state index contributed by atoms with van der Waals surface area (Å²) in [5, 5.41) is 8.73. The molecule has 0 fully saturated rings. The van der Waals surface area contributed by atoms with E-state index >= 15 is 0 Å². The van der Waals surface area contributed by atoms with Crippen molar-refractivity contribution in [3.63, 3.8) is 0 Å². The first kappa shape index (κ1) is 16.3. The second-order valence-electron chi connectivity index (χ2n) is 5.58. The summed E-state index contributed by atoms with van der Waals surface area (Å²) >= 11 is 6.06. The van der Waals surface area contributed by atoms with Gasteiger partial charge in [0.2, 0.25) is 5.91 Å². The van der Waals surface area contributed by atoms with E-state index in [-0.39, 0.29) is 5.91 Å². The highest BCUT2D eigenvalue weighted by molar-refractivity contribution is 6.32. The van der Waals surface area contributed by atoms with Crippen molar-refractivity contribution in [1.29, 1.82) is 0 Å². The molecule has 6 heteroatoms. The lowest BCUT2D eigenvalue weighted by Gasteiger charge is -2.08. The fraction of sp³-hybridized carbons (Fsp3) is 0.222. The van der Waals surface area contributed by atoms with E-state index in [0.717, 1.165) is 10.9 Å². The predicted molar refractivity (Wildman–Crippen MR) is 95.7 cm³/mol. The number of halogens is 1. The fourth-order valence-electron chi connectivity index (χ4n) is 2.56. The molecule has 0 aliphatic carbocycles. The largest absolute Gasteiger partial charge is 0.495 e. The molecule has 0 saturated heterocycles. The summed E-state index contributed by atoms with van der Waals surface area (Å²) in [5.41, 5.74) is 2.86. The molecule has 1 amide bonds. The number of anilines is 1. The van der Waals surface area contributed by atoms with Gasteiger partial charge in [-0.15, -0.1) is 0 Å². The van der Waals surface area contributed by atoms with Gasteiger partial charge in [0.05, 0.1) is 30.4 Å². The Morgan fingerprint density at radius 2 is 2.12 bits per heavy atom. The normalized spacial score (nSPS) is 10.8. The Morgan fingerprint density at radius 3 is 2.88 bits per heavy atom. The minimum Gasteiger partial charge on any atom is -0.495 e. The number of methoxy groups -OCH3 is 1. The molecule has 0 spiro atoms. The number of amides is 1. The summed E-state index contributed by atoms with van der Waals surface area (Å²) in [6, 6.07) is 11.3. The quantitative estimate of drug-likeness (QED) is 0.760. The fourth-order valence-corrected chi connectivity index (χ4v) is 2.82. The molecule has 1 aromatic heterocycles. The highest BCUT2D eigenvalue weighted by Gasteiger charge is 2.08. The zero-order chi connectivity index (χ0) is 17.1. The average Bonchev–Trinajstić information content (AvgIpc) is 2.95. The number of hydrogen-bond donors (Lipinski definition) is 1. The van der Waals surface area contributed by atoms with E-state index in [1.807, 2.05) is 29.9 Å². The number of aryl methyl sites for hydroxylation is 2. The van der Waals surface area contributed by atoms with E-state index < -0.39 is 0 Å². The number of ether oxygens (including phenoxy) is 1. The average molecular weight is 344 g/mol. The highest BCUT2D eigenvalue weighted by atomic mass is 35.5. The van der Waals surface area contributed by atoms with Crippen molar-refractivity contribution in [3.8, 4) is 5.75 Å². The molecule has 1 heterocycles. The van der Waals surface area contributed by atoms with Crippen LogP contribution in [0.1, 0.15) is 12.0 Å². The summed E-state index contributed by atoms with van der Waals surface area (Å²) < 4.78 is 6.94. The number of benzene rings is 2. The van der Waals surface area contributed by atoms with Crippen molar-refractivity contribution in [2.24, 2.45) is 0 Å². The van der Waals surface area contributed by atoms with Crippen LogP contribution < -0.4 is 10.1 Å². The molecule has 0 aliphatic heterocycles. The number of nitrogens with zero attached hydrogens (tertiary/aromatic N) is 2. The van der Waals surface area contributed by atoms with Crippen LogP contribution in [0, 0.1) is 6.92 Å². The van der Waals surface area contributed by atoms with Gasteiger partial charge in [-0.1, -0.05) is 23.2 Å². The Morgan fingerprint density at radius 1 is 1.29 bits per heavy atom. The Labute approximate surface area is 145 Å². The maximum absolute atomic E-state index is 12.1. The summed E-state index contributed by atoms with van der Waals surface area (Å²) in [5.74, 6) is 0.486. The standard InChI is InChI=1S/C18H18ClN3O2/c1-12-3-5-16-13(9-12)11-20-22(16)8-7-18(23)21-14-4-6-17(24-2)15(19)10-14/h3-6,9-11H,7-8H2,1-2H3,(H,21,23). The van der Waals surface area contributed by atoms with E-state index in [1.54, 1.807) is 25.3 Å². The Hall–Kier alpha value is -2.53. The third kappa shape index (κ3) is 3.51. The lowest BCUT2D eigenvalue weighted by molar-refractivity contribution is -0.116. The van der Waals surface area contributed by atoms with Gasteiger partial charge in [0.1, 0.15) is 5.75 Å². The lowest BCUT2D eigenvalue weighted by atomic mass is 10.2. The van der Waals surface area contributed by atoms with Crippen LogP contribution in [-0.2, 0) is 11.3 Å². The number of aromatic nitrogens is 2. The first-order valence-corrected chi connectivity index (χ1v) is 8.00. The van der Waals surface area contributed by atoms with Gasteiger partial charge in [0, 0.05) is 17.5 Å². The molecule has 0 atom stereocenters. The Kier molecular flexibility index (Phi) is 4.71. The van der Waals surface area contributed by atoms with Crippen molar-refractivity contribution in [3.05, 3.63) is 53.2 Å². The van der Waals surface area contributed by atoms with Crippen LogP contribution >= 0.6 is 11.6 Å². The zero-order valence-electron chi connectivity index (χ0n) is 13.5. The van der Waals surface area contributed by atoms with Crippen LogP contribution in [0.4, 0.5) is 5.69 Å². The van der Waals surface area contributed by atoms with Gasteiger partial charge in [-0.3, -0.25) is 9.48 Å². The van der Waals surface area contributed by atoms with Crippen molar-refractivity contribution in [2.75, 3.05) is 12.4 Å². The number of nitrogens with one attached hydrogen (secondary N) is 1.